The van der Waals surface area contributed by atoms with Crippen LogP contribution in [0.25, 0.3) is 0 Å². The molecule has 0 saturated carbocycles. The molecule has 23 heavy (non-hydrogen) atoms. The first-order valence-corrected chi connectivity index (χ1v) is 8.19. The molecule has 0 radical (unpaired) electrons. The van der Waals surface area contributed by atoms with E-state index in [9.17, 15) is 0 Å². The second kappa shape index (κ2) is 8.75. The van der Waals surface area contributed by atoms with E-state index in [-0.39, 0.29) is 6.10 Å². The third-order valence-corrected chi connectivity index (χ3v) is 3.52. The zero-order chi connectivity index (χ0) is 16.7. The molecule has 0 aliphatic heterocycles. The van der Waals surface area contributed by atoms with Crippen LogP contribution in [-0.4, -0.2) is 17.7 Å². The molecule has 2 aromatic rings. The standard InChI is InChI=1S/C18H23ClN2O2/c1-4-22-17-9-15(16(19)10-18(17)23-13(2)3)12-21-11-14-5-7-20-8-6-14/h5-10,13,21H,4,11-12H2,1-3H3. The van der Waals surface area contributed by atoms with Gasteiger partial charge < -0.3 is 14.8 Å². The fourth-order valence-corrected chi connectivity index (χ4v) is 2.39. The largest absolute Gasteiger partial charge is 0.490 e. The highest BCUT2D eigenvalue weighted by molar-refractivity contribution is 6.31. The third-order valence-electron chi connectivity index (χ3n) is 3.17. The van der Waals surface area contributed by atoms with Crippen LogP contribution in [0.3, 0.4) is 0 Å². The molecule has 5 heteroatoms. The minimum atomic E-state index is 0.0703. The maximum Gasteiger partial charge on any atom is 0.163 e. The molecule has 2 rings (SSSR count). The highest BCUT2D eigenvalue weighted by atomic mass is 35.5. The van der Waals surface area contributed by atoms with Crippen LogP contribution in [0.4, 0.5) is 0 Å². The van der Waals surface area contributed by atoms with Gasteiger partial charge >= 0.3 is 0 Å². The highest BCUT2D eigenvalue weighted by Gasteiger charge is 2.12. The summed E-state index contributed by atoms with van der Waals surface area (Å²) in [6.07, 6.45) is 3.64. The monoisotopic (exact) mass is 334 g/mol. The van der Waals surface area contributed by atoms with Gasteiger partial charge in [-0.3, -0.25) is 4.98 Å². The zero-order valence-electron chi connectivity index (χ0n) is 13.8. The van der Waals surface area contributed by atoms with Gasteiger partial charge in [0.15, 0.2) is 11.5 Å². The number of nitrogens with zero attached hydrogens (tertiary/aromatic N) is 1. The number of hydrogen-bond donors (Lipinski definition) is 1. The normalized spacial score (nSPS) is 10.8. The van der Waals surface area contributed by atoms with E-state index < -0.39 is 0 Å². The van der Waals surface area contributed by atoms with Gasteiger partial charge in [-0.05, 0) is 50.1 Å². The van der Waals surface area contributed by atoms with Crippen LogP contribution in [0.15, 0.2) is 36.7 Å². The molecule has 0 unspecified atom stereocenters. The topological polar surface area (TPSA) is 43.4 Å². The van der Waals surface area contributed by atoms with Crippen molar-refractivity contribution in [1.29, 1.82) is 0 Å². The van der Waals surface area contributed by atoms with E-state index in [0.29, 0.717) is 23.9 Å². The van der Waals surface area contributed by atoms with Crippen LogP contribution in [0, 0.1) is 0 Å². The van der Waals surface area contributed by atoms with Crippen LogP contribution in [-0.2, 0) is 13.1 Å². The second-order valence-electron chi connectivity index (χ2n) is 5.45. The number of pyridine rings is 1. The van der Waals surface area contributed by atoms with Crippen molar-refractivity contribution < 1.29 is 9.47 Å². The fraction of sp³-hybridized carbons (Fsp3) is 0.389. The van der Waals surface area contributed by atoms with Crippen molar-refractivity contribution in [1.82, 2.24) is 10.3 Å². The fourth-order valence-electron chi connectivity index (χ4n) is 2.17. The number of hydrogen-bond acceptors (Lipinski definition) is 4. The zero-order valence-corrected chi connectivity index (χ0v) is 14.6. The van der Waals surface area contributed by atoms with Gasteiger partial charge in [0.1, 0.15) is 0 Å². The summed E-state index contributed by atoms with van der Waals surface area (Å²) < 4.78 is 11.4. The number of ether oxygens (including phenoxy) is 2. The van der Waals surface area contributed by atoms with E-state index in [1.165, 1.54) is 5.56 Å². The van der Waals surface area contributed by atoms with Crippen LogP contribution >= 0.6 is 11.6 Å². The summed E-state index contributed by atoms with van der Waals surface area (Å²) >= 11 is 6.38. The lowest BCUT2D eigenvalue weighted by Crippen LogP contribution is -2.14. The maximum absolute atomic E-state index is 6.38. The number of halogens is 1. The molecule has 0 aliphatic rings. The van der Waals surface area contributed by atoms with Crippen molar-refractivity contribution >= 4 is 11.6 Å². The quantitative estimate of drug-likeness (QED) is 0.785. The van der Waals surface area contributed by atoms with Crippen molar-refractivity contribution in [3.05, 3.63) is 52.8 Å². The predicted octanol–water partition coefficient (Wildman–Crippen LogP) is 4.21. The van der Waals surface area contributed by atoms with Gasteiger partial charge in [-0.25, -0.2) is 0 Å². The van der Waals surface area contributed by atoms with Crippen LogP contribution < -0.4 is 14.8 Å². The first-order valence-electron chi connectivity index (χ1n) is 7.81. The molecule has 0 bridgehead atoms. The lowest BCUT2D eigenvalue weighted by Gasteiger charge is -2.17. The van der Waals surface area contributed by atoms with Crippen LogP contribution in [0.2, 0.25) is 5.02 Å². The van der Waals surface area contributed by atoms with Crippen molar-refractivity contribution in [2.75, 3.05) is 6.61 Å². The summed E-state index contributed by atoms with van der Waals surface area (Å²) in [6.45, 7) is 7.91. The highest BCUT2D eigenvalue weighted by Crippen LogP contribution is 2.34. The summed E-state index contributed by atoms with van der Waals surface area (Å²) in [5.41, 5.74) is 2.17. The molecule has 1 aromatic carbocycles. The Morgan fingerprint density at radius 2 is 1.87 bits per heavy atom. The Kier molecular flexibility index (Phi) is 6.68. The van der Waals surface area contributed by atoms with Gasteiger partial charge in [0.2, 0.25) is 0 Å². The predicted molar refractivity (Wildman–Crippen MR) is 93.2 cm³/mol. The second-order valence-corrected chi connectivity index (χ2v) is 5.86. The van der Waals surface area contributed by atoms with E-state index in [4.69, 9.17) is 21.1 Å². The molecule has 0 atom stereocenters. The maximum atomic E-state index is 6.38. The number of benzene rings is 1. The van der Waals surface area contributed by atoms with Crippen molar-refractivity contribution in [3.8, 4) is 11.5 Å². The van der Waals surface area contributed by atoms with Gasteiger partial charge in [-0.2, -0.15) is 0 Å². The minimum Gasteiger partial charge on any atom is -0.490 e. The van der Waals surface area contributed by atoms with Gasteiger partial charge in [0, 0.05) is 36.6 Å². The molecule has 0 spiro atoms. The SMILES string of the molecule is CCOc1cc(CNCc2ccncc2)c(Cl)cc1OC(C)C. The molecule has 0 saturated heterocycles. The smallest absolute Gasteiger partial charge is 0.163 e. The Morgan fingerprint density at radius 3 is 2.52 bits per heavy atom. The number of nitrogens with one attached hydrogen (secondary N) is 1. The molecule has 0 fully saturated rings. The Hall–Kier alpha value is -1.78. The summed E-state index contributed by atoms with van der Waals surface area (Å²) in [6, 6.07) is 7.75. The van der Waals surface area contributed by atoms with Gasteiger partial charge in [0.25, 0.3) is 0 Å². The van der Waals surface area contributed by atoms with E-state index in [1.807, 2.05) is 45.0 Å². The van der Waals surface area contributed by atoms with E-state index in [0.717, 1.165) is 17.9 Å². The van der Waals surface area contributed by atoms with Gasteiger partial charge in [-0.1, -0.05) is 11.6 Å². The lowest BCUT2D eigenvalue weighted by molar-refractivity contribution is 0.223. The number of aromatic nitrogens is 1. The van der Waals surface area contributed by atoms with E-state index in [1.54, 1.807) is 12.4 Å². The number of rotatable bonds is 8. The molecule has 0 aliphatic carbocycles. The molecule has 1 N–H and O–H groups in total. The Bertz CT molecular complexity index is 618. The summed E-state index contributed by atoms with van der Waals surface area (Å²) in [4.78, 5) is 4.01. The third kappa shape index (κ3) is 5.41. The molecule has 0 amide bonds. The van der Waals surface area contributed by atoms with Gasteiger partial charge in [0.05, 0.1) is 12.7 Å². The Labute approximate surface area is 142 Å². The van der Waals surface area contributed by atoms with Gasteiger partial charge in [-0.15, -0.1) is 0 Å². The summed E-state index contributed by atoms with van der Waals surface area (Å²) in [7, 11) is 0. The van der Waals surface area contributed by atoms with Crippen molar-refractivity contribution in [3.63, 3.8) is 0 Å². The average Bonchev–Trinajstić information content (AvgIpc) is 2.52. The Morgan fingerprint density at radius 1 is 1.13 bits per heavy atom. The average molecular weight is 335 g/mol. The first kappa shape index (κ1) is 17.6. The molecule has 1 aromatic heterocycles. The molecule has 1 heterocycles. The van der Waals surface area contributed by atoms with E-state index >= 15 is 0 Å². The minimum absolute atomic E-state index is 0.0703. The molecule has 4 nitrogen and oxygen atoms in total. The first-order chi connectivity index (χ1) is 11.1. The van der Waals surface area contributed by atoms with Crippen molar-refractivity contribution in [2.45, 2.75) is 40.0 Å². The molecular weight excluding hydrogens is 312 g/mol. The molecule has 124 valence electrons. The van der Waals surface area contributed by atoms with Crippen LogP contribution in [0.5, 0.6) is 11.5 Å². The molecular formula is C18H23ClN2O2. The Balaban J connectivity index is 2.07. The van der Waals surface area contributed by atoms with Crippen LogP contribution in [0.1, 0.15) is 31.9 Å². The van der Waals surface area contributed by atoms with E-state index in [2.05, 4.69) is 10.3 Å². The lowest BCUT2D eigenvalue weighted by atomic mass is 10.2. The summed E-state index contributed by atoms with van der Waals surface area (Å²) in [5, 5.41) is 4.05. The van der Waals surface area contributed by atoms with Crippen molar-refractivity contribution in [2.24, 2.45) is 0 Å². The summed E-state index contributed by atoms with van der Waals surface area (Å²) in [5.74, 6) is 1.41.